The minimum Gasteiger partial charge on any atom is -0.507 e. The number of benzene rings is 1. The van der Waals surface area contributed by atoms with Crippen molar-refractivity contribution < 1.29 is 5.11 Å². The van der Waals surface area contributed by atoms with Gasteiger partial charge >= 0.3 is 0 Å². The van der Waals surface area contributed by atoms with E-state index in [9.17, 15) is 5.11 Å². The van der Waals surface area contributed by atoms with E-state index in [4.69, 9.17) is 12.2 Å². The maximum Gasteiger partial charge on any atom is 0.186 e. The molecule has 17 heavy (non-hydrogen) atoms. The lowest BCUT2D eigenvalue weighted by atomic mass is 10.0. The number of aryl methyl sites for hydroxylation is 2. The zero-order chi connectivity index (χ0) is 13.0. The number of hydrazone groups is 1. The molecule has 0 aliphatic heterocycles. The molecule has 0 atom stereocenters. The number of aromatic hydroxyl groups is 1. The standard InChI is InChI=1S/C12H17N3OS/c1-7-5-10(11(16)6-8(7)2)9(3)14-15-12(17)13-4/h5-6,16H,1-4H3,(H2,13,15,17). The van der Waals surface area contributed by atoms with Crippen molar-refractivity contribution in [2.24, 2.45) is 5.10 Å². The molecule has 0 spiro atoms. The number of hydrogen-bond acceptors (Lipinski definition) is 3. The van der Waals surface area contributed by atoms with Crippen LogP contribution in [0.2, 0.25) is 0 Å². The van der Waals surface area contributed by atoms with Crippen molar-refractivity contribution in [3.63, 3.8) is 0 Å². The lowest BCUT2D eigenvalue weighted by molar-refractivity contribution is 0.473. The number of nitrogens with one attached hydrogen (secondary N) is 2. The van der Waals surface area contributed by atoms with E-state index in [0.29, 0.717) is 16.4 Å². The Labute approximate surface area is 107 Å². The molecule has 0 bridgehead atoms. The summed E-state index contributed by atoms with van der Waals surface area (Å²) in [6.07, 6.45) is 0. The van der Waals surface area contributed by atoms with E-state index in [-0.39, 0.29) is 5.75 Å². The Morgan fingerprint density at radius 1 is 1.29 bits per heavy atom. The van der Waals surface area contributed by atoms with Crippen LogP contribution >= 0.6 is 12.2 Å². The third-order valence-corrected chi connectivity index (χ3v) is 2.85. The van der Waals surface area contributed by atoms with Crippen molar-refractivity contribution >= 4 is 23.0 Å². The highest BCUT2D eigenvalue weighted by molar-refractivity contribution is 7.80. The minimum atomic E-state index is 0.228. The van der Waals surface area contributed by atoms with E-state index >= 15 is 0 Å². The molecular weight excluding hydrogens is 234 g/mol. The molecule has 1 rings (SSSR count). The molecule has 0 aliphatic carbocycles. The highest BCUT2D eigenvalue weighted by Gasteiger charge is 2.07. The topological polar surface area (TPSA) is 56.7 Å². The van der Waals surface area contributed by atoms with Gasteiger partial charge < -0.3 is 10.4 Å². The third kappa shape index (κ3) is 3.42. The second-order valence-electron chi connectivity index (χ2n) is 3.84. The highest BCUT2D eigenvalue weighted by atomic mass is 32.1. The second-order valence-corrected chi connectivity index (χ2v) is 4.25. The summed E-state index contributed by atoms with van der Waals surface area (Å²) in [5.74, 6) is 0.228. The Balaban J connectivity index is 3.00. The Morgan fingerprint density at radius 3 is 2.47 bits per heavy atom. The molecule has 0 fully saturated rings. The molecule has 4 nitrogen and oxygen atoms in total. The number of thiocarbonyl (C=S) groups is 1. The van der Waals surface area contributed by atoms with Crippen LogP contribution in [0, 0.1) is 13.8 Å². The van der Waals surface area contributed by atoms with Crippen LogP contribution in [0.4, 0.5) is 0 Å². The van der Waals surface area contributed by atoms with E-state index < -0.39 is 0 Å². The number of nitrogens with zero attached hydrogens (tertiary/aromatic N) is 1. The van der Waals surface area contributed by atoms with Gasteiger partial charge in [-0.15, -0.1) is 0 Å². The predicted octanol–water partition coefficient (Wildman–Crippen LogP) is 1.83. The predicted molar refractivity (Wildman–Crippen MR) is 74.6 cm³/mol. The molecule has 1 aromatic carbocycles. The maximum absolute atomic E-state index is 9.85. The number of phenols is 1. The fraction of sp³-hybridized carbons (Fsp3) is 0.333. The van der Waals surface area contributed by atoms with E-state index in [1.54, 1.807) is 13.1 Å². The summed E-state index contributed by atoms with van der Waals surface area (Å²) < 4.78 is 0. The first-order valence-corrected chi connectivity index (χ1v) is 5.69. The summed E-state index contributed by atoms with van der Waals surface area (Å²) in [5, 5.41) is 17.1. The summed E-state index contributed by atoms with van der Waals surface area (Å²) in [6, 6.07) is 3.65. The monoisotopic (exact) mass is 251 g/mol. The molecule has 0 aliphatic rings. The van der Waals surface area contributed by atoms with Gasteiger partial charge in [-0.05, 0) is 56.2 Å². The van der Waals surface area contributed by atoms with Gasteiger partial charge in [0.25, 0.3) is 0 Å². The quantitative estimate of drug-likeness (QED) is 0.426. The van der Waals surface area contributed by atoms with Crippen molar-refractivity contribution in [1.82, 2.24) is 10.7 Å². The van der Waals surface area contributed by atoms with E-state index in [0.717, 1.165) is 11.1 Å². The molecule has 1 aromatic rings. The summed E-state index contributed by atoms with van der Waals surface area (Å²) >= 11 is 4.91. The van der Waals surface area contributed by atoms with E-state index in [2.05, 4.69) is 15.8 Å². The van der Waals surface area contributed by atoms with Crippen molar-refractivity contribution in [1.29, 1.82) is 0 Å². The van der Waals surface area contributed by atoms with Gasteiger partial charge in [-0.2, -0.15) is 5.10 Å². The lowest BCUT2D eigenvalue weighted by Crippen LogP contribution is -2.29. The largest absolute Gasteiger partial charge is 0.507 e. The molecule has 0 radical (unpaired) electrons. The van der Waals surface area contributed by atoms with Crippen LogP contribution in [0.15, 0.2) is 17.2 Å². The van der Waals surface area contributed by atoms with Crippen LogP contribution in [-0.2, 0) is 0 Å². The second kappa shape index (κ2) is 5.63. The number of hydrogen-bond donors (Lipinski definition) is 3. The molecule has 92 valence electrons. The summed E-state index contributed by atoms with van der Waals surface area (Å²) in [5.41, 5.74) is 6.25. The normalized spacial score (nSPS) is 11.2. The fourth-order valence-corrected chi connectivity index (χ4v) is 1.39. The minimum absolute atomic E-state index is 0.228. The van der Waals surface area contributed by atoms with Crippen LogP contribution in [0.1, 0.15) is 23.6 Å². The smallest absolute Gasteiger partial charge is 0.186 e. The van der Waals surface area contributed by atoms with Crippen LogP contribution in [0.25, 0.3) is 0 Å². The van der Waals surface area contributed by atoms with Gasteiger partial charge in [0.2, 0.25) is 0 Å². The fourth-order valence-electron chi connectivity index (χ4n) is 1.34. The molecule has 0 aromatic heterocycles. The van der Waals surface area contributed by atoms with Gasteiger partial charge in [0.15, 0.2) is 5.11 Å². The first-order valence-electron chi connectivity index (χ1n) is 5.28. The van der Waals surface area contributed by atoms with Crippen molar-refractivity contribution in [3.05, 3.63) is 28.8 Å². The zero-order valence-electron chi connectivity index (χ0n) is 10.5. The van der Waals surface area contributed by atoms with Gasteiger partial charge in [0.05, 0.1) is 5.71 Å². The van der Waals surface area contributed by atoms with Crippen LogP contribution in [0.3, 0.4) is 0 Å². The average Bonchev–Trinajstić information content (AvgIpc) is 2.30. The van der Waals surface area contributed by atoms with Gasteiger partial charge in [-0.3, -0.25) is 5.43 Å². The van der Waals surface area contributed by atoms with Gasteiger partial charge in [-0.25, -0.2) is 0 Å². The summed E-state index contributed by atoms with van der Waals surface area (Å²) in [4.78, 5) is 0. The molecule has 0 heterocycles. The van der Waals surface area contributed by atoms with Gasteiger partial charge in [0.1, 0.15) is 5.75 Å². The molecular formula is C12H17N3OS. The number of phenolic OH excluding ortho intramolecular Hbond substituents is 1. The van der Waals surface area contributed by atoms with Gasteiger partial charge in [-0.1, -0.05) is 0 Å². The first-order chi connectivity index (χ1) is 7.95. The molecule has 5 heteroatoms. The van der Waals surface area contributed by atoms with Crippen LogP contribution < -0.4 is 10.7 Å². The van der Waals surface area contributed by atoms with Crippen LogP contribution in [-0.4, -0.2) is 23.0 Å². The van der Waals surface area contributed by atoms with E-state index in [1.165, 1.54) is 0 Å². The molecule has 0 saturated heterocycles. The van der Waals surface area contributed by atoms with Gasteiger partial charge in [0, 0.05) is 12.6 Å². The van der Waals surface area contributed by atoms with Crippen molar-refractivity contribution in [2.75, 3.05) is 7.05 Å². The Kier molecular flexibility index (Phi) is 4.45. The lowest BCUT2D eigenvalue weighted by Gasteiger charge is -2.09. The SMILES string of the molecule is CNC(=S)NN=C(C)c1cc(C)c(C)cc1O. The zero-order valence-corrected chi connectivity index (χ0v) is 11.3. The Morgan fingerprint density at radius 2 is 1.88 bits per heavy atom. The Hall–Kier alpha value is -1.62. The third-order valence-electron chi connectivity index (χ3n) is 2.55. The summed E-state index contributed by atoms with van der Waals surface area (Å²) in [6.45, 7) is 5.77. The summed E-state index contributed by atoms with van der Waals surface area (Å²) in [7, 11) is 1.72. The van der Waals surface area contributed by atoms with Crippen molar-refractivity contribution in [2.45, 2.75) is 20.8 Å². The number of rotatable bonds is 2. The molecule has 0 amide bonds. The van der Waals surface area contributed by atoms with E-state index in [1.807, 2.05) is 26.8 Å². The van der Waals surface area contributed by atoms with Crippen LogP contribution in [0.5, 0.6) is 5.75 Å². The van der Waals surface area contributed by atoms with Crippen molar-refractivity contribution in [3.8, 4) is 5.75 Å². The Bertz CT molecular complexity index is 469. The maximum atomic E-state index is 9.85. The molecule has 0 saturated carbocycles. The highest BCUT2D eigenvalue weighted by Crippen LogP contribution is 2.22. The average molecular weight is 251 g/mol. The molecule has 0 unspecified atom stereocenters. The first kappa shape index (κ1) is 13.4. The molecule has 3 N–H and O–H groups in total.